The fraction of sp³-hybridized carbons (Fsp3) is 0.161. The molecule has 0 spiro atoms. The van der Waals surface area contributed by atoms with Gasteiger partial charge in [-0.3, -0.25) is 9.98 Å². The number of nitrogens with zero attached hydrogens (tertiary/aromatic N) is 2. The number of phenolic OH excluding ortho intramolecular Hbond substituents is 2. The second kappa shape index (κ2) is 11.3. The van der Waals surface area contributed by atoms with Crippen LogP contribution in [0.3, 0.4) is 0 Å². The van der Waals surface area contributed by atoms with Crippen molar-refractivity contribution in [1.82, 2.24) is 0 Å². The number of hydrogen-bond donors (Lipinski definition) is 2. The van der Waals surface area contributed by atoms with E-state index in [-0.39, 0.29) is 18.2 Å². The van der Waals surface area contributed by atoms with Gasteiger partial charge in [0.1, 0.15) is 18.2 Å². The normalized spacial score (nSPS) is 11.5. The van der Waals surface area contributed by atoms with Gasteiger partial charge >= 0.3 is 0 Å². The molecule has 0 atom stereocenters. The van der Waals surface area contributed by atoms with Crippen molar-refractivity contribution in [3.8, 4) is 33.8 Å². The molecule has 0 heterocycles. The molecule has 0 aliphatic rings. The predicted molar refractivity (Wildman–Crippen MR) is 146 cm³/mol. The van der Waals surface area contributed by atoms with E-state index in [1.807, 2.05) is 74.5 Å². The molecule has 4 rings (SSSR count). The molecule has 176 valence electrons. The summed E-state index contributed by atoms with van der Waals surface area (Å²) < 4.78 is 0. The van der Waals surface area contributed by atoms with Crippen molar-refractivity contribution in [3.63, 3.8) is 0 Å². The highest BCUT2D eigenvalue weighted by atomic mass is 16.3. The molecule has 0 aromatic heterocycles. The predicted octanol–water partition coefficient (Wildman–Crippen LogP) is 7.05. The van der Waals surface area contributed by atoms with Gasteiger partial charge in [-0.05, 0) is 70.5 Å². The third-order valence-corrected chi connectivity index (χ3v) is 6.04. The molecule has 0 radical (unpaired) electrons. The van der Waals surface area contributed by atoms with Gasteiger partial charge in [0.25, 0.3) is 0 Å². The largest absolute Gasteiger partial charge is 0.507 e. The van der Waals surface area contributed by atoms with Crippen molar-refractivity contribution in [2.24, 2.45) is 9.98 Å². The second-order valence-corrected chi connectivity index (χ2v) is 8.35. The molecule has 4 nitrogen and oxygen atoms in total. The summed E-state index contributed by atoms with van der Waals surface area (Å²) in [5.74, 6) is 0.501. The maximum absolute atomic E-state index is 10.7. The van der Waals surface area contributed by atoms with Gasteiger partial charge in [0, 0.05) is 23.6 Å². The Balaban J connectivity index is 1.55. The molecule has 0 amide bonds. The van der Waals surface area contributed by atoms with Crippen LogP contribution in [0.1, 0.15) is 36.1 Å². The zero-order valence-corrected chi connectivity index (χ0v) is 20.1. The van der Waals surface area contributed by atoms with E-state index < -0.39 is 0 Å². The van der Waals surface area contributed by atoms with Crippen LogP contribution in [0.15, 0.2) is 94.9 Å². The Morgan fingerprint density at radius 2 is 0.971 bits per heavy atom. The highest BCUT2D eigenvalue weighted by molar-refractivity contribution is 5.88. The first-order valence-electron chi connectivity index (χ1n) is 11.9. The lowest BCUT2D eigenvalue weighted by Gasteiger charge is -2.10. The minimum absolute atomic E-state index is 0.187. The summed E-state index contributed by atoms with van der Waals surface area (Å²) in [7, 11) is 0. The number of rotatable bonds is 8. The van der Waals surface area contributed by atoms with Crippen LogP contribution in [0.25, 0.3) is 22.3 Å². The van der Waals surface area contributed by atoms with Gasteiger partial charge in [0.05, 0.1) is 0 Å². The summed E-state index contributed by atoms with van der Waals surface area (Å²) in [6.07, 6.45) is 4.77. The quantitative estimate of drug-likeness (QED) is 0.276. The zero-order chi connectivity index (χ0) is 24.6. The van der Waals surface area contributed by atoms with Crippen molar-refractivity contribution in [3.05, 3.63) is 107 Å². The van der Waals surface area contributed by atoms with Crippen LogP contribution in [0.5, 0.6) is 11.5 Å². The van der Waals surface area contributed by atoms with Gasteiger partial charge in [-0.25, -0.2) is 0 Å². The smallest absolute Gasteiger partial charge is 0.129 e. The van der Waals surface area contributed by atoms with Gasteiger partial charge in [0.2, 0.25) is 0 Å². The van der Waals surface area contributed by atoms with E-state index in [0.29, 0.717) is 11.1 Å². The van der Waals surface area contributed by atoms with Crippen LogP contribution < -0.4 is 0 Å². The van der Waals surface area contributed by atoms with Crippen LogP contribution in [0.4, 0.5) is 0 Å². The maximum atomic E-state index is 10.7. The highest BCUT2D eigenvalue weighted by Crippen LogP contribution is 2.31. The summed E-state index contributed by atoms with van der Waals surface area (Å²) in [6.45, 7) is 4.23. The van der Waals surface area contributed by atoms with Gasteiger partial charge in [0.15, 0.2) is 0 Å². The van der Waals surface area contributed by atoms with Crippen molar-refractivity contribution >= 4 is 12.4 Å². The molecule has 4 aromatic rings. The number of aryl methyl sites for hydroxylation is 2. The van der Waals surface area contributed by atoms with E-state index in [1.54, 1.807) is 12.4 Å². The molecule has 0 aliphatic heterocycles. The zero-order valence-electron chi connectivity index (χ0n) is 20.1. The average Bonchev–Trinajstić information content (AvgIpc) is 2.91. The van der Waals surface area contributed by atoms with Crippen LogP contribution in [0, 0.1) is 0 Å². The minimum Gasteiger partial charge on any atom is -0.507 e. The SMILES string of the molecule is CCc1cc(-c2ccccc2)cc(C=NCN=Cc2cc(-c3ccccc3)cc(CC)c2O)c1O. The van der Waals surface area contributed by atoms with Crippen molar-refractivity contribution < 1.29 is 10.2 Å². The molecular weight excluding hydrogens is 432 g/mol. The van der Waals surface area contributed by atoms with E-state index in [4.69, 9.17) is 0 Å². The number of hydrogen-bond acceptors (Lipinski definition) is 4. The number of aliphatic imine (C=N–C) groups is 2. The Kier molecular flexibility index (Phi) is 7.74. The van der Waals surface area contributed by atoms with Crippen molar-refractivity contribution in [2.75, 3.05) is 6.67 Å². The molecule has 35 heavy (non-hydrogen) atoms. The molecule has 0 bridgehead atoms. The number of benzene rings is 4. The van der Waals surface area contributed by atoms with E-state index in [9.17, 15) is 10.2 Å². The summed E-state index contributed by atoms with van der Waals surface area (Å²) in [4.78, 5) is 8.83. The van der Waals surface area contributed by atoms with E-state index in [1.165, 1.54) is 0 Å². The van der Waals surface area contributed by atoms with Gasteiger partial charge in [-0.1, -0.05) is 74.5 Å². The van der Waals surface area contributed by atoms with Gasteiger partial charge in [-0.2, -0.15) is 0 Å². The van der Waals surface area contributed by atoms with Gasteiger partial charge in [-0.15, -0.1) is 0 Å². The Morgan fingerprint density at radius 3 is 1.34 bits per heavy atom. The second-order valence-electron chi connectivity index (χ2n) is 8.35. The highest BCUT2D eigenvalue weighted by Gasteiger charge is 2.10. The summed E-state index contributed by atoms with van der Waals surface area (Å²) in [5, 5.41) is 21.3. The summed E-state index contributed by atoms with van der Waals surface area (Å²) in [5.41, 5.74) is 7.36. The van der Waals surface area contributed by atoms with Crippen LogP contribution in [-0.2, 0) is 12.8 Å². The molecule has 0 unspecified atom stereocenters. The molecule has 4 aromatic carbocycles. The first kappa shape index (κ1) is 24.0. The molecular formula is C31H30N2O2. The summed E-state index contributed by atoms with van der Waals surface area (Å²) in [6, 6.07) is 28.1. The average molecular weight is 463 g/mol. The molecule has 0 fully saturated rings. The van der Waals surface area contributed by atoms with E-state index >= 15 is 0 Å². The minimum atomic E-state index is 0.187. The first-order chi connectivity index (χ1) is 17.1. The Labute approximate surface area is 207 Å². The molecule has 0 saturated carbocycles. The Bertz CT molecular complexity index is 1240. The standard InChI is InChI=1S/C31H30N2O2/c1-3-22-15-26(24-11-7-5-8-12-24)17-28(30(22)34)19-32-21-33-20-29-18-27(16-23(4-2)31(29)35)25-13-9-6-10-14-25/h5-20,34-35H,3-4,21H2,1-2H3. The number of aromatic hydroxyl groups is 2. The Hall–Kier alpha value is -4.18. The van der Waals surface area contributed by atoms with Gasteiger partial charge < -0.3 is 10.2 Å². The summed E-state index contributed by atoms with van der Waals surface area (Å²) >= 11 is 0. The van der Waals surface area contributed by atoms with Crippen LogP contribution in [-0.4, -0.2) is 29.3 Å². The monoisotopic (exact) mass is 462 g/mol. The lowest BCUT2D eigenvalue weighted by molar-refractivity contribution is 0.467. The van der Waals surface area contributed by atoms with Crippen LogP contribution in [0.2, 0.25) is 0 Å². The number of phenols is 2. The first-order valence-corrected chi connectivity index (χ1v) is 11.9. The molecule has 0 aliphatic carbocycles. The maximum Gasteiger partial charge on any atom is 0.129 e. The lowest BCUT2D eigenvalue weighted by atomic mass is 9.98. The van der Waals surface area contributed by atoms with Crippen LogP contribution >= 0.6 is 0 Å². The topological polar surface area (TPSA) is 65.2 Å². The fourth-order valence-corrected chi connectivity index (χ4v) is 4.09. The Morgan fingerprint density at radius 1 is 0.571 bits per heavy atom. The molecule has 2 N–H and O–H groups in total. The van der Waals surface area contributed by atoms with E-state index in [2.05, 4.69) is 34.3 Å². The van der Waals surface area contributed by atoms with Crippen molar-refractivity contribution in [2.45, 2.75) is 26.7 Å². The fourth-order valence-electron chi connectivity index (χ4n) is 4.09. The van der Waals surface area contributed by atoms with E-state index in [0.717, 1.165) is 46.2 Å². The van der Waals surface area contributed by atoms with Crippen molar-refractivity contribution in [1.29, 1.82) is 0 Å². The third kappa shape index (κ3) is 5.67. The molecule has 4 heteroatoms. The third-order valence-electron chi connectivity index (χ3n) is 6.04. The molecule has 0 saturated heterocycles. The lowest BCUT2D eigenvalue weighted by Crippen LogP contribution is -1.93.